The molecule has 20 heavy (non-hydrogen) atoms. The highest BCUT2D eigenvalue weighted by Crippen LogP contribution is 2.35. The number of benzene rings is 1. The van der Waals surface area contributed by atoms with Crippen LogP contribution >= 0.6 is 0 Å². The number of aryl methyl sites for hydroxylation is 2. The minimum absolute atomic E-state index is 0.171. The lowest BCUT2D eigenvalue weighted by Crippen LogP contribution is -2.08. The molecule has 0 spiro atoms. The van der Waals surface area contributed by atoms with Crippen molar-refractivity contribution in [1.82, 2.24) is 0 Å². The molecule has 0 atom stereocenters. The van der Waals surface area contributed by atoms with Gasteiger partial charge in [-0.2, -0.15) is 0 Å². The molecule has 1 aliphatic carbocycles. The molecule has 0 unspecified atom stereocenters. The van der Waals surface area contributed by atoms with E-state index in [4.69, 9.17) is 9.15 Å². The van der Waals surface area contributed by atoms with Gasteiger partial charge in [0.1, 0.15) is 11.3 Å². The van der Waals surface area contributed by atoms with Crippen molar-refractivity contribution in [2.45, 2.75) is 46.0 Å². The van der Waals surface area contributed by atoms with E-state index in [0.717, 1.165) is 59.9 Å². The Balaban J connectivity index is 2.18. The molecule has 0 fully saturated rings. The number of hydrogen-bond donors (Lipinski definition) is 0. The molecule has 0 radical (unpaired) electrons. The highest BCUT2D eigenvalue weighted by atomic mass is 16.5. The lowest BCUT2D eigenvalue weighted by molar-refractivity contribution is 0.312. The first-order valence-corrected chi connectivity index (χ1v) is 7.42. The van der Waals surface area contributed by atoms with Gasteiger partial charge in [-0.05, 0) is 55.9 Å². The van der Waals surface area contributed by atoms with Crippen LogP contribution in [0.2, 0.25) is 0 Å². The third kappa shape index (κ3) is 2.21. The van der Waals surface area contributed by atoms with E-state index in [1.807, 2.05) is 13.0 Å². The lowest BCUT2D eigenvalue weighted by Gasteiger charge is -2.12. The predicted octanol–water partition coefficient (Wildman–Crippen LogP) is 3.77. The smallest absolute Gasteiger partial charge is 0.339 e. The van der Waals surface area contributed by atoms with Gasteiger partial charge in [0.25, 0.3) is 0 Å². The predicted molar refractivity (Wildman–Crippen MR) is 79.6 cm³/mol. The van der Waals surface area contributed by atoms with Crippen LogP contribution in [0.25, 0.3) is 11.0 Å². The molecule has 3 rings (SSSR count). The molecule has 0 amide bonds. The zero-order valence-corrected chi connectivity index (χ0v) is 12.1. The summed E-state index contributed by atoms with van der Waals surface area (Å²) in [5.74, 6) is 0.871. The van der Waals surface area contributed by atoms with Crippen LogP contribution in [0.4, 0.5) is 0 Å². The summed E-state index contributed by atoms with van der Waals surface area (Å²) in [4.78, 5) is 12.0. The molecule has 1 aliphatic rings. The van der Waals surface area contributed by atoms with Crippen molar-refractivity contribution in [3.8, 4) is 5.75 Å². The Morgan fingerprint density at radius 2 is 2.05 bits per heavy atom. The second-order valence-corrected chi connectivity index (χ2v) is 5.54. The fraction of sp³-hybridized carbons (Fsp3) is 0.471. The van der Waals surface area contributed by atoms with E-state index in [-0.39, 0.29) is 5.63 Å². The van der Waals surface area contributed by atoms with Crippen molar-refractivity contribution >= 4 is 11.0 Å². The van der Waals surface area contributed by atoms with Crippen molar-refractivity contribution in [2.75, 3.05) is 6.61 Å². The van der Waals surface area contributed by atoms with Crippen LogP contribution in [-0.2, 0) is 12.8 Å². The van der Waals surface area contributed by atoms with Gasteiger partial charge in [-0.15, -0.1) is 0 Å². The molecule has 0 bridgehead atoms. The van der Waals surface area contributed by atoms with Crippen LogP contribution in [0, 0.1) is 6.92 Å². The van der Waals surface area contributed by atoms with Crippen LogP contribution in [0.15, 0.2) is 21.3 Å². The highest BCUT2D eigenvalue weighted by molar-refractivity contribution is 5.88. The monoisotopic (exact) mass is 272 g/mol. The maximum atomic E-state index is 12.0. The summed E-state index contributed by atoms with van der Waals surface area (Å²) >= 11 is 0. The molecule has 0 aliphatic heterocycles. The van der Waals surface area contributed by atoms with E-state index in [1.165, 1.54) is 0 Å². The van der Waals surface area contributed by atoms with E-state index in [2.05, 4.69) is 13.0 Å². The van der Waals surface area contributed by atoms with Crippen molar-refractivity contribution in [2.24, 2.45) is 0 Å². The van der Waals surface area contributed by atoms with Gasteiger partial charge < -0.3 is 9.15 Å². The van der Waals surface area contributed by atoms with Crippen molar-refractivity contribution in [3.05, 3.63) is 39.2 Å². The Morgan fingerprint density at radius 1 is 1.25 bits per heavy atom. The largest absolute Gasteiger partial charge is 0.493 e. The summed E-state index contributed by atoms with van der Waals surface area (Å²) in [5, 5.41) is 1.01. The van der Waals surface area contributed by atoms with Crippen LogP contribution in [0.5, 0.6) is 5.75 Å². The first-order chi connectivity index (χ1) is 9.70. The molecule has 3 nitrogen and oxygen atoms in total. The molecule has 0 saturated carbocycles. The first-order valence-electron chi connectivity index (χ1n) is 7.42. The van der Waals surface area contributed by atoms with Crippen LogP contribution in [0.1, 0.15) is 42.9 Å². The van der Waals surface area contributed by atoms with E-state index in [0.29, 0.717) is 12.2 Å². The average molecular weight is 272 g/mol. The molecule has 0 N–H and O–H groups in total. The molecule has 1 aromatic carbocycles. The highest BCUT2D eigenvalue weighted by Gasteiger charge is 2.22. The summed E-state index contributed by atoms with van der Waals surface area (Å²) in [6.07, 6.45) is 4.95. The Kier molecular flexibility index (Phi) is 3.51. The van der Waals surface area contributed by atoms with Gasteiger partial charge in [0.05, 0.1) is 12.0 Å². The number of hydrogen-bond acceptors (Lipinski definition) is 3. The van der Waals surface area contributed by atoms with E-state index in [9.17, 15) is 4.79 Å². The number of unbranched alkanes of at least 4 members (excludes halogenated alkanes) is 1. The summed E-state index contributed by atoms with van der Waals surface area (Å²) in [5.41, 5.74) is 3.55. The second kappa shape index (κ2) is 5.31. The minimum Gasteiger partial charge on any atom is -0.493 e. The fourth-order valence-corrected chi connectivity index (χ4v) is 2.95. The number of fused-ring (bicyclic) bond motifs is 3. The van der Waals surface area contributed by atoms with Crippen LogP contribution in [-0.4, -0.2) is 6.61 Å². The fourth-order valence-electron chi connectivity index (χ4n) is 2.95. The van der Waals surface area contributed by atoms with Gasteiger partial charge in [0.2, 0.25) is 0 Å². The molecular weight excluding hydrogens is 252 g/mol. The van der Waals surface area contributed by atoms with Gasteiger partial charge in [-0.25, -0.2) is 4.79 Å². The van der Waals surface area contributed by atoms with Gasteiger partial charge >= 0.3 is 5.63 Å². The molecule has 2 aromatic rings. The Hall–Kier alpha value is -1.77. The Labute approximate surface area is 118 Å². The van der Waals surface area contributed by atoms with Gasteiger partial charge in [-0.3, -0.25) is 0 Å². The quantitative estimate of drug-likeness (QED) is 0.628. The normalized spacial score (nSPS) is 13.7. The summed E-state index contributed by atoms with van der Waals surface area (Å²) in [6.45, 7) is 4.86. The topological polar surface area (TPSA) is 39.4 Å². The maximum absolute atomic E-state index is 12.0. The maximum Gasteiger partial charge on any atom is 0.339 e. The molecule has 0 saturated heterocycles. The van der Waals surface area contributed by atoms with Crippen molar-refractivity contribution in [3.63, 3.8) is 0 Å². The third-order valence-corrected chi connectivity index (χ3v) is 3.93. The zero-order chi connectivity index (χ0) is 14.1. The van der Waals surface area contributed by atoms with Crippen LogP contribution < -0.4 is 10.4 Å². The molecule has 1 aromatic heterocycles. The summed E-state index contributed by atoms with van der Waals surface area (Å²) in [7, 11) is 0. The average Bonchev–Trinajstić information content (AvgIpc) is 2.88. The van der Waals surface area contributed by atoms with Gasteiger partial charge in [0, 0.05) is 5.56 Å². The minimum atomic E-state index is -0.171. The van der Waals surface area contributed by atoms with Gasteiger partial charge in [0.15, 0.2) is 0 Å². The van der Waals surface area contributed by atoms with Crippen LogP contribution in [0.3, 0.4) is 0 Å². The third-order valence-electron chi connectivity index (χ3n) is 3.93. The molecular formula is C17H20O3. The van der Waals surface area contributed by atoms with E-state index < -0.39 is 0 Å². The Morgan fingerprint density at radius 3 is 2.85 bits per heavy atom. The second-order valence-electron chi connectivity index (χ2n) is 5.54. The Bertz CT molecular complexity index is 697. The number of ether oxygens (including phenoxy) is 1. The van der Waals surface area contributed by atoms with Crippen molar-refractivity contribution in [1.29, 1.82) is 0 Å². The number of rotatable bonds is 4. The standard InChI is InChI=1S/C17H20O3/c1-3-4-8-19-14-9-11(2)10-15-16(14)12-6-5-7-13(12)17(18)20-15/h9-10H,3-8H2,1-2H3. The molecule has 3 heteroatoms. The SMILES string of the molecule is CCCCOc1cc(C)cc2oc(=O)c3c(c12)CCC3. The lowest BCUT2D eigenvalue weighted by atomic mass is 10.0. The van der Waals surface area contributed by atoms with Crippen molar-refractivity contribution < 1.29 is 9.15 Å². The van der Waals surface area contributed by atoms with Gasteiger partial charge in [-0.1, -0.05) is 13.3 Å². The summed E-state index contributed by atoms with van der Waals surface area (Å²) in [6, 6.07) is 3.98. The molecule has 1 heterocycles. The first kappa shape index (κ1) is 13.2. The van der Waals surface area contributed by atoms with E-state index in [1.54, 1.807) is 0 Å². The zero-order valence-electron chi connectivity index (χ0n) is 12.1. The van der Waals surface area contributed by atoms with E-state index >= 15 is 0 Å². The molecule has 106 valence electrons. The summed E-state index contributed by atoms with van der Waals surface area (Å²) < 4.78 is 11.4.